The highest BCUT2D eigenvalue weighted by Gasteiger charge is 2.41. The van der Waals surface area contributed by atoms with Crippen LogP contribution in [0, 0.1) is 6.92 Å². The molecule has 1 N–H and O–H groups in total. The first-order valence-corrected chi connectivity index (χ1v) is 14.0. The summed E-state index contributed by atoms with van der Waals surface area (Å²) in [6, 6.07) is 24.0. The smallest absolute Gasteiger partial charge is 0.227 e. The van der Waals surface area contributed by atoms with Gasteiger partial charge in [-0.1, -0.05) is 89.8 Å². The monoisotopic (exact) mass is 556 g/mol. The molecule has 1 aliphatic carbocycles. The number of fused-ring (bicyclic) bond motifs is 1. The van der Waals surface area contributed by atoms with Crippen LogP contribution < -0.4 is 10.2 Å². The Hall–Kier alpha value is -3.18. The summed E-state index contributed by atoms with van der Waals surface area (Å²) in [6.45, 7) is 4.22. The first-order chi connectivity index (χ1) is 18.0. The highest BCUT2D eigenvalue weighted by molar-refractivity contribution is 9.10. The average Bonchev–Trinajstić information content (AvgIpc) is 3.04. The molecule has 2 aliphatic rings. The number of ketones is 1. The maximum absolute atomic E-state index is 14.0. The number of para-hydroxylation sites is 2. The molecule has 0 spiro atoms. The summed E-state index contributed by atoms with van der Waals surface area (Å²) < 4.78 is 0.928. The van der Waals surface area contributed by atoms with E-state index >= 15 is 0 Å². The second kappa shape index (κ2) is 11.1. The van der Waals surface area contributed by atoms with Gasteiger partial charge in [0.05, 0.1) is 17.4 Å². The Bertz CT molecular complexity index is 1340. The first-order valence-electron chi connectivity index (χ1n) is 13.2. The maximum atomic E-state index is 14.0. The summed E-state index contributed by atoms with van der Waals surface area (Å²) in [5.41, 5.74) is 6.64. The van der Waals surface area contributed by atoms with Gasteiger partial charge in [0.2, 0.25) is 5.91 Å². The van der Waals surface area contributed by atoms with E-state index in [1.54, 1.807) is 0 Å². The summed E-state index contributed by atoms with van der Waals surface area (Å²) in [5.74, 6) is 0.250. The summed E-state index contributed by atoms with van der Waals surface area (Å²) in [5, 5.41) is 3.62. The van der Waals surface area contributed by atoms with Gasteiger partial charge in [0, 0.05) is 28.6 Å². The third-order valence-corrected chi connectivity index (χ3v) is 7.96. The number of unbranched alkanes of at least 4 members (excludes halogenated alkanes) is 2. The second-order valence-corrected chi connectivity index (χ2v) is 11.1. The third kappa shape index (κ3) is 5.28. The normalized spacial score (nSPS) is 19.1. The molecule has 0 saturated carbocycles. The number of anilines is 2. The van der Waals surface area contributed by atoms with Crippen molar-refractivity contribution in [2.45, 2.75) is 64.3 Å². The van der Waals surface area contributed by atoms with Gasteiger partial charge in [0.15, 0.2) is 5.78 Å². The number of amides is 1. The van der Waals surface area contributed by atoms with Gasteiger partial charge in [0.1, 0.15) is 0 Å². The summed E-state index contributed by atoms with van der Waals surface area (Å²) in [7, 11) is 0. The molecule has 5 heteroatoms. The van der Waals surface area contributed by atoms with Crippen LogP contribution in [0.5, 0.6) is 0 Å². The number of allylic oxidation sites excluding steroid dienone is 1. The lowest BCUT2D eigenvalue weighted by molar-refractivity contribution is -0.119. The molecule has 4 nitrogen and oxygen atoms in total. The molecule has 5 rings (SSSR count). The zero-order valence-corrected chi connectivity index (χ0v) is 23.1. The summed E-state index contributed by atoms with van der Waals surface area (Å²) >= 11 is 3.62. The first kappa shape index (κ1) is 25.5. The van der Waals surface area contributed by atoms with Crippen molar-refractivity contribution >= 4 is 39.0 Å². The van der Waals surface area contributed by atoms with E-state index in [9.17, 15) is 9.59 Å². The van der Waals surface area contributed by atoms with Crippen LogP contribution >= 0.6 is 15.9 Å². The molecule has 0 radical (unpaired) electrons. The lowest BCUT2D eigenvalue weighted by atomic mass is 9.78. The molecule has 37 heavy (non-hydrogen) atoms. The molecular weight excluding hydrogens is 524 g/mol. The van der Waals surface area contributed by atoms with Crippen LogP contribution in [0.25, 0.3) is 0 Å². The van der Waals surface area contributed by atoms with Crippen molar-refractivity contribution in [3.63, 3.8) is 0 Å². The molecular formula is C32H33BrN2O2. The van der Waals surface area contributed by atoms with Crippen molar-refractivity contribution in [1.29, 1.82) is 0 Å². The number of halogens is 1. The largest absolute Gasteiger partial charge is 0.357 e. The van der Waals surface area contributed by atoms with Crippen LogP contribution in [0.1, 0.15) is 74.1 Å². The van der Waals surface area contributed by atoms with Gasteiger partial charge in [-0.05, 0) is 61.1 Å². The molecule has 3 aromatic carbocycles. The molecule has 0 fully saturated rings. The second-order valence-electron chi connectivity index (χ2n) is 10.2. The number of Topliss-reactive ketones (excluding diaryl/α,β-unsaturated/α-hetero) is 1. The Morgan fingerprint density at radius 1 is 0.973 bits per heavy atom. The number of carbonyl (C=O) groups is 2. The van der Waals surface area contributed by atoms with Gasteiger partial charge < -0.3 is 5.32 Å². The minimum absolute atomic E-state index is 0.0508. The highest BCUT2D eigenvalue weighted by atomic mass is 79.9. The number of carbonyl (C=O) groups excluding carboxylic acids is 2. The van der Waals surface area contributed by atoms with Crippen molar-refractivity contribution in [1.82, 2.24) is 0 Å². The van der Waals surface area contributed by atoms with Gasteiger partial charge in [0.25, 0.3) is 0 Å². The van der Waals surface area contributed by atoms with Crippen molar-refractivity contribution in [2.75, 3.05) is 10.2 Å². The molecule has 2 atom stereocenters. The standard InChI is InChI=1S/C32H33BrN2O2/c1-3-4-5-13-30(37)35-28-12-7-6-11-26(28)34-27-19-24(22-16-14-21(2)15-17-22)20-29(36)31(27)32(35)23-9-8-10-25(33)18-23/h6-12,14-18,24,32,34H,3-5,13,19-20H2,1-2H3/t24-,32-/m0/s1. The fourth-order valence-corrected chi connectivity index (χ4v) is 6.00. The highest BCUT2D eigenvalue weighted by Crippen LogP contribution is 2.47. The third-order valence-electron chi connectivity index (χ3n) is 7.46. The van der Waals surface area contributed by atoms with E-state index in [0.29, 0.717) is 18.4 Å². The molecule has 3 aromatic rings. The number of aryl methyl sites for hydroxylation is 1. The maximum Gasteiger partial charge on any atom is 0.227 e. The minimum atomic E-state index is -0.482. The van der Waals surface area contributed by atoms with Crippen molar-refractivity contribution in [2.24, 2.45) is 0 Å². The predicted octanol–water partition coefficient (Wildman–Crippen LogP) is 8.24. The van der Waals surface area contributed by atoms with Crippen LogP contribution in [0.15, 0.2) is 88.5 Å². The van der Waals surface area contributed by atoms with E-state index in [4.69, 9.17) is 0 Å². The summed E-state index contributed by atoms with van der Waals surface area (Å²) in [4.78, 5) is 29.8. The van der Waals surface area contributed by atoms with Gasteiger partial charge in [-0.2, -0.15) is 0 Å². The van der Waals surface area contributed by atoms with E-state index in [0.717, 1.165) is 52.8 Å². The molecule has 0 unspecified atom stereocenters. The van der Waals surface area contributed by atoms with Crippen LogP contribution in [0.3, 0.4) is 0 Å². The van der Waals surface area contributed by atoms with E-state index in [2.05, 4.69) is 59.4 Å². The number of nitrogens with zero attached hydrogens (tertiary/aromatic N) is 1. The molecule has 190 valence electrons. The molecule has 0 aromatic heterocycles. The van der Waals surface area contributed by atoms with Crippen molar-refractivity contribution < 1.29 is 9.59 Å². The number of rotatable bonds is 6. The van der Waals surface area contributed by atoms with Crippen LogP contribution in [-0.2, 0) is 9.59 Å². The molecule has 1 heterocycles. The van der Waals surface area contributed by atoms with E-state index in [1.807, 2.05) is 53.4 Å². The zero-order valence-electron chi connectivity index (χ0n) is 21.5. The topological polar surface area (TPSA) is 49.4 Å². The lowest BCUT2D eigenvalue weighted by Gasteiger charge is -2.35. The molecule has 0 bridgehead atoms. The number of nitrogens with one attached hydrogen (secondary N) is 1. The van der Waals surface area contributed by atoms with Crippen LogP contribution in [-0.4, -0.2) is 11.7 Å². The van der Waals surface area contributed by atoms with Crippen molar-refractivity contribution in [3.8, 4) is 0 Å². The number of hydrogen-bond donors (Lipinski definition) is 1. The van der Waals surface area contributed by atoms with Crippen molar-refractivity contribution in [3.05, 3.63) is 105 Å². The number of hydrogen-bond acceptors (Lipinski definition) is 3. The Morgan fingerprint density at radius 3 is 2.51 bits per heavy atom. The predicted molar refractivity (Wildman–Crippen MR) is 154 cm³/mol. The molecule has 0 saturated heterocycles. The number of benzene rings is 3. The van der Waals surface area contributed by atoms with Gasteiger partial charge in [-0.25, -0.2) is 0 Å². The lowest BCUT2D eigenvalue weighted by Crippen LogP contribution is -2.38. The Labute approximate surface area is 227 Å². The minimum Gasteiger partial charge on any atom is -0.357 e. The zero-order chi connectivity index (χ0) is 25.9. The van der Waals surface area contributed by atoms with E-state index in [1.165, 1.54) is 11.1 Å². The van der Waals surface area contributed by atoms with Gasteiger partial charge >= 0.3 is 0 Å². The molecule has 1 amide bonds. The quantitative estimate of drug-likeness (QED) is 0.311. The SMILES string of the molecule is CCCCCC(=O)N1c2ccccc2NC2=C(C(=O)C[C@@H](c3ccc(C)cc3)C2)[C@@H]1c1cccc(Br)c1. The Kier molecular flexibility index (Phi) is 7.61. The molecule has 1 aliphatic heterocycles. The van der Waals surface area contributed by atoms with Gasteiger partial charge in [-0.15, -0.1) is 0 Å². The summed E-state index contributed by atoms with van der Waals surface area (Å²) in [6.07, 6.45) is 4.50. The fraction of sp³-hybridized carbons (Fsp3) is 0.312. The van der Waals surface area contributed by atoms with Crippen LogP contribution in [0.2, 0.25) is 0 Å². The Balaban J connectivity index is 1.66. The van der Waals surface area contributed by atoms with Gasteiger partial charge in [-0.3, -0.25) is 14.5 Å². The van der Waals surface area contributed by atoms with E-state index in [-0.39, 0.29) is 17.6 Å². The fourth-order valence-electron chi connectivity index (χ4n) is 5.58. The Morgan fingerprint density at radius 2 is 1.76 bits per heavy atom. The van der Waals surface area contributed by atoms with Crippen LogP contribution in [0.4, 0.5) is 11.4 Å². The van der Waals surface area contributed by atoms with E-state index < -0.39 is 6.04 Å². The average molecular weight is 558 g/mol.